The maximum atomic E-state index is 11.3. The van der Waals surface area contributed by atoms with E-state index in [0.717, 1.165) is 31.3 Å². The summed E-state index contributed by atoms with van der Waals surface area (Å²) >= 11 is 1.55. The second-order valence-electron chi connectivity index (χ2n) is 6.23. The third-order valence-corrected chi connectivity index (χ3v) is 5.37. The first kappa shape index (κ1) is 16.2. The van der Waals surface area contributed by atoms with Gasteiger partial charge in [0, 0.05) is 37.6 Å². The summed E-state index contributed by atoms with van der Waals surface area (Å²) in [7, 11) is 0. The molecule has 2 heterocycles. The van der Waals surface area contributed by atoms with Crippen LogP contribution in [0.5, 0.6) is 0 Å². The zero-order chi connectivity index (χ0) is 15.6. The Morgan fingerprint density at radius 3 is 2.57 bits per heavy atom. The Bertz CT molecular complexity index is 493. The number of aromatic nitrogens is 1. The minimum Gasteiger partial charge on any atom is -0.481 e. The Hall–Kier alpha value is -1.14. The molecule has 0 aromatic carbocycles. The summed E-state index contributed by atoms with van der Waals surface area (Å²) in [6.07, 6.45) is 1.17. The van der Waals surface area contributed by atoms with Gasteiger partial charge in [0.05, 0.1) is 5.69 Å². The van der Waals surface area contributed by atoms with Crippen molar-refractivity contribution in [1.29, 1.82) is 0 Å². The average Bonchev–Trinajstić information content (AvgIpc) is 2.97. The van der Waals surface area contributed by atoms with Crippen LogP contribution in [0, 0.1) is 0 Å². The van der Waals surface area contributed by atoms with Gasteiger partial charge in [0.25, 0.3) is 0 Å². The average molecular weight is 311 g/mol. The minimum absolute atomic E-state index is 0.630. The molecule has 1 N–H and O–H groups in total. The highest BCUT2D eigenvalue weighted by Gasteiger charge is 2.33. The van der Waals surface area contributed by atoms with E-state index in [-0.39, 0.29) is 0 Å². The van der Waals surface area contributed by atoms with Crippen LogP contribution in [0.4, 0.5) is 5.13 Å². The smallest absolute Gasteiger partial charge is 0.315 e. The Balaban J connectivity index is 2.02. The monoisotopic (exact) mass is 311 g/mol. The summed E-state index contributed by atoms with van der Waals surface area (Å²) in [6, 6.07) is 0.630. The van der Waals surface area contributed by atoms with Gasteiger partial charge >= 0.3 is 5.97 Å². The van der Waals surface area contributed by atoms with Gasteiger partial charge in [-0.25, -0.2) is 4.98 Å². The third kappa shape index (κ3) is 3.37. The van der Waals surface area contributed by atoms with Crippen LogP contribution in [-0.4, -0.2) is 53.2 Å². The molecular weight excluding hydrogens is 286 g/mol. The number of piperazine rings is 1. The molecule has 21 heavy (non-hydrogen) atoms. The zero-order valence-corrected chi connectivity index (χ0v) is 14.1. The van der Waals surface area contributed by atoms with E-state index in [1.54, 1.807) is 25.2 Å². The lowest BCUT2D eigenvalue weighted by atomic mass is 9.90. The Kier molecular flexibility index (Phi) is 4.88. The van der Waals surface area contributed by atoms with Gasteiger partial charge < -0.3 is 10.0 Å². The molecule has 6 heteroatoms. The van der Waals surface area contributed by atoms with Crippen molar-refractivity contribution in [3.8, 4) is 0 Å². The lowest BCUT2D eigenvalue weighted by molar-refractivity contribution is -0.142. The van der Waals surface area contributed by atoms with Crippen LogP contribution in [-0.2, 0) is 10.2 Å². The van der Waals surface area contributed by atoms with E-state index in [9.17, 15) is 9.90 Å². The van der Waals surface area contributed by atoms with Crippen LogP contribution in [0.25, 0.3) is 0 Å². The van der Waals surface area contributed by atoms with Crippen LogP contribution in [0.1, 0.15) is 39.8 Å². The predicted molar refractivity (Wildman–Crippen MR) is 86.3 cm³/mol. The largest absolute Gasteiger partial charge is 0.481 e. The van der Waals surface area contributed by atoms with Crippen molar-refractivity contribution in [3.63, 3.8) is 0 Å². The van der Waals surface area contributed by atoms with Crippen LogP contribution in [0.15, 0.2) is 5.38 Å². The van der Waals surface area contributed by atoms with Gasteiger partial charge in [-0.1, -0.05) is 6.92 Å². The molecule has 0 aliphatic carbocycles. The lowest BCUT2D eigenvalue weighted by Crippen LogP contribution is -2.49. The van der Waals surface area contributed by atoms with Gasteiger partial charge in [-0.15, -0.1) is 11.3 Å². The summed E-state index contributed by atoms with van der Waals surface area (Å²) < 4.78 is 0. The number of rotatable bonds is 5. The third-order valence-electron chi connectivity index (χ3n) is 4.47. The molecule has 0 amide bonds. The van der Waals surface area contributed by atoms with E-state index in [1.165, 1.54) is 6.42 Å². The number of carbonyl (C=O) groups is 1. The second kappa shape index (κ2) is 6.32. The molecule has 2 rings (SSSR count). The van der Waals surface area contributed by atoms with E-state index >= 15 is 0 Å². The topological polar surface area (TPSA) is 56.7 Å². The van der Waals surface area contributed by atoms with Crippen molar-refractivity contribution in [3.05, 3.63) is 11.1 Å². The summed E-state index contributed by atoms with van der Waals surface area (Å²) in [4.78, 5) is 20.6. The first-order valence-corrected chi connectivity index (χ1v) is 8.42. The van der Waals surface area contributed by atoms with E-state index < -0.39 is 11.4 Å². The summed E-state index contributed by atoms with van der Waals surface area (Å²) in [5.74, 6) is -0.832. The van der Waals surface area contributed by atoms with Gasteiger partial charge in [-0.05, 0) is 27.2 Å². The van der Waals surface area contributed by atoms with Crippen molar-refractivity contribution in [2.75, 3.05) is 31.1 Å². The standard InChI is InChI=1S/C15H25N3O2S/c1-5-11(2)17-6-8-18(9-7-17)14-16-12(10-21-14)15(3,4)13(19)20/h10-11H,5-9H2,1-4H3,(H,19,20). The number of aliphatic carboxylic acids is 1. The minimum atomic E-state index is -0.923. The number of carboxylic acid groups (broad SMARTS) is 1. The molecule has 1 saturated heterocycles. The fourth-order valence-corrected chi connectivity index (χ4v) is 3.47. The molecule has 1 aromatic rings. The highest BCUT2D eigenvalue weighted by atomic mass is 32.1. The Morgan fingerprint density at radius 1 is 1.43 bits per heavy atom. The molecule has 1 aliphatic rings. The summed E-state index contributed by atoms with van der Waals surface area (Å²) in [5.41, 5.74) is -0.271. The van der Waals surface area contributed by atoms with E-state index in [1.807, 2.05) is 5.38 Å². The zero-order valence-electron chi connectivity index (χ0n) is 13.3. The van der Waals surface area contributed by atoms with Crippen LogP contribution in [0.3, 0.4) is 0 Å². The molecule has 1 unspecified atom stereocenters. The lowest BCUT2D eigenvalue weighted by Gasteiger charge is -2.37. The normalized spacial score (nSPS) is 18.8. The molecular formula is C15H25N3O2S. The quantitative estimate of drug-likeness (QED) is 0.905. The maximum absolute atomic E-state index is 11.3. The van der Waals surface area contributed by atoms with Crippen LogP contribution < -0.4 is 4.90 Å². The molecule has 1 fully saturated rings. The van der Waals surface area contributed by atoms with E-state index in [0.29, 0.717) is 11.7 Å². The highest BCUT2D eigenvalue weighted by Crippen LogP contribution is 2.30. The molecule has 5 nitrogen and oxygen atoms in total. The fourth-order valence-electron chi connectivity index (χ4n) is 2.42. The maximum Gasteiger partial charge on any atom is 0.315 e. The number of nitrogens with zero attached hydrogens (tertiary/aromatic N) is 3. The number of hydrogen-bond acceptors (Lipinski definition) is 5. The van der Waals surface area contributed by atoms with E-state index in [4.69, 9.17) is 0 Å². The molecule has 0 bridgehead atoms. The Labute approximate surface area is 130 Å². The number of anilines is 1. The molecule has 0 radical (unpaired) electrons. The number of carboxylic acids is 1. The molecule has 0 spiro atoms. The van der Waals surface area contributed by atoms with Crippen molar-refractivity contribution in [2.45, 2.75) is 45.6 Å². The molecule has 1 aromatic heterocycles. The molecule has 118 valence electrons. The van der Waals surface area contributed by atoms with Crippen LogP contribution in [0.2, 0.25) is 0 Å². The van der Waals surface area contributed by atoms with Gasteiger partial charge in [0.1, 0.15) is 5.41 Å². The van der Waals surface area contributed by atoms with Gasteiger partial charge in [0.2, 0.25) is 0 Å². The highest BCUT2D eigenvalue weighted by molar-refractivity contribution is 7.13. The second-order valence-corrected chi connectivity index (χ2v) is 7.06. The fraction of sp³-hybridized carbons (Fsp3) is 0.733. The van der Waals surface area contributed by atoms with Gasteiger partial charge in [-0.2, -0.15) is 0 Å². The molecule has 1 aliphatic heterocycles. The van der Waals surface area contributed by atoms with Crippen LogP contribution >= 0.6 is 11.3 Å². The summed E-state index contributed by atoms with van der Waals surface area (Å²) in [5, 5.41) is 12.1. The van der Waals surface area contributed by atoms with Gasteiger partial charge in [0.15, 0.2) is 5.13 Å². The van der Waals surface area contributed by atoms with Crippen molar-refractivity contribution < 1.29 is 9.90 Å². The predicted octanol–water partition coefficient (Wildman–Crippen LogP) is 2.43. The first-order valence-electron chi connectivity index (χ1n) is 7.54. The summed E-state index contributed by atoms with van der Waals surface area (Å²) in [6.45, 7) is 11.9. The van der Waals surface area contributed by atoms with Crippen molar-refractivity contribution in [2.24, 2.45) is 0 Å². The molecule has 0 saturated carbocycles. The van der Waals surface area contributed by atoms with Gasteiger partial charge in [-0.3, -0.25) is 9.69 Å². The van der Waals surface area contributed by atoms with Crippen molar-refractivity contribution in [1.82, 2.24) is 9.88 Å². The Morgan fingerprint density at radius 2 is 2.05 bits per heavy atom. The number of hydrogen-bond donors (Lipinski definition) is 1. The number of thiazole rings is 1. The van der Waals surface area contributed by atoms with Crippen molar-refractivity contribution >= 4 is 22.4 Å². The van der Waals surface area contributed by atoms with E-state index in [2.05, 4.69) is 28.6 Å². The SMILES string of the molecule is CCC(C)N1CCN(c2nc(C(C)(C)C(=O)O)cs2)CC1. The first-order chi connectivity index (χ1) is 9.86. The molecule has 1 atom stereocenters.